The molecule has 0 aliphatic rings. The average molecular weight is 629 g/mol. The number of hydrogen-bond acceptors (Lipinski definition) is 2. The fraction of sp³-hybridized carbons (Fsp3) is 0.333. The lowest BCUT2D eigenvalue weighted by atomic mass is 9.93. The molecule has 0 radical (unpaired) electrons. The minimum atomic E-state index is -5.13. The summed E-state index contributed by atoms with van der Waals surface area (Å²) in [7, 11) is 0. The molecule has 0 bridgehead atoms. The third-order valence-corrected chi connectivity index (χ3v) is 6.45. The van der Waals surface area contributed by atoms with E-state index in [1.54, 1.807) is 0 Å². The molecule has 0 unspecified atom stereocenters. The van der Waals surface area contributed by atoms with E-state index < -0.39 is 71.7 Å². The van der Waals surface area contributed by atoms with Gasteiger partial charge in [0.15, 0.2) is 5.78 Å². The van der Waals surface area contributed by atoms with Crippen LogP contribution in [0.5, 0.6) is 0 Å². The van der Waals surface area contributed by atoms with Crippen LogP contribution in [0.15, 0.2) is 36.4 Å². The maximum absolute atomic E-state index is 13.7. The molecule has 3 nitrogen and oxygen atoms in total. The van der Waals surface area contributed by atoms with Gasteiger partial charge in [0.2, 0.25) is 5.91 Å². The highest BCUT2D eigenvalue weighted by molar-refractivity contribution is 6.48. The molecular formula is C24H17Cl3F9NO2. The first kappa shape index (κ1) is 32.8. The van der Waals surface area contributed by atoms with E-state index in [1.165, 1.54) is 5.32 Å². The Morgan fingerprint density at radius 2 is 1.49 bits per heavy atom. The van der Waals surface area contributed by atoms with E-state index in [4.69, 9.17) is 34.8 Å². The summed E-state index contributed by atoms with van der Waals surface area (Å²) in [5.74, 6) is -6.14. The van der Waals surface area contributed by atoms with Crippen molar-refractivity contribution in [3.8, 4) is 0 Å². The molecule has 0 aliphatic carbocycles. The van der Waals surface area contributed by atoms with Gasteiger partial charge in [-0.3, -0.25) is 9.59 Å². The van der Waals surface area contributed by atoms with Gasteiger partial charge in [0.05, 0.1) is 26.5 Å². The van der Waals surface area contributed by atoms with Gasteiger partial charge in [-0.25, -0.2) is 0 Å². The highest BCUT2D eigenvalue weighted by Gasteiger charge is 2.40. The van der Waals surface area contributed by atoms with Crippen LogP contribution in [0.4, 0.5) is 39.5 Å². The van der Waals surface area contributed by atoms with Crippen molar-refractivity contribution in [2.75, 3.05) is 6.54 Å². The lowest BCUT2D eigenvalue weighted by molar-refractivity contribution is -0.140. The normalized spacial score (nSPS) is 14.4. The molecule has 0 spiro atoms. The number of ketones is 1. The zero-order valence-corrected chi connectivity index (χ0v) is 21.7. The molecular weight excluding hydrogens is 612 g/mol. The van der Waals surface area contributed by atoms with Gasteiger partial charge in [-0.1, -0.05) is 66.0 Å². The molecule has 2 rings (SSSR count). The first-order chi connectivity index (χ1) is 17.7. The molecule has 0 saturated heterocycles. The Bertz CT molecular complexity index is 1230. The van der Waals surface area contributed by atoms with Crippen LogP contribution in [0, 0.1) is 5.92 Å². The van der Waals surface area contributed by atoms with Crippen molar-refractivity contribution in [2.24, 2.45) is 5.92 Å². The molecule has 2 aromatic carbocycles. The van der Waals surface area contributed by atoms with Gasteiger partial charge in [0.1, 0.15) is 6.54 Å². The van der Waals surface area contributed by atoms with E-state index >= 15 is 0 Å². The molecule has 0 aliphatic heterocycles. The second-order valence-electron chi connectivity index (χ2n) is 8.34. The van der Waals surface area contributed by atoms with Crippen molar-refractivity contribution in [2.45, 2.75) is 37.8 Å². The van der Waals surface area contributed by atoms with Gasteiger partial charge in [-0.15, -0.1) is 0 Å². The number of halogens is 12. The highest BCUT2D eigenvalue weighted by atomic mass is 35.5. The van der Waals surface area contributed by atoms with Gasteiger partial charge >= 0.3 is 18.5 Å². The first-order valence-corrected chi connectivity index (χ1v) is 11.8. The Balaban J connectivity index is 2.37. The maximum atomic E-state index is 13.7. The van der Waals surface area contributed by atoms with Crippen LogP contribution >= 0.6 is 34.8 Å². The van der Waals surface area contributed by atoms with Crippen molar-refractivity contribution in [1.82, 2.24) is 5.32 Å². The Labute approximate surface area is 230 Å². The lowest BCUT2D eigenvalue weighted by Gasteiger charge is -2.19. The van der Waals surface area contributed by atoms with E-state index in [9.17, 15) is 49.1 Å². The molecule has 1 amide bonds. The molecule has 2 aromatic rings. The number of Topliss-reactive ketones (excluding diaryl/α,β-unsaturated/α-hetero) is 1. The van der Waals surface area contributed by atoms with Crippen LogP contribution in [0.2, 0.25) is 15.1 Å². The van der Waals surface area contributed by atoms with Gasteiger partial charge in [0, 0.05) is 17.9 Å². The van der Waals surface area contributed by atoms with E-state index in [-0.39, 0.29) is 20.6 Å². The largest absolute Gasteiger partial charge is 0.417 e. The van der Waals surface area contributed by atoms with Crippen molar-refractivity contribution in [1.29, 1.82) is 0 Å². The molecule has 0 fully saturated rings. The van der Waals surface area contributed by atoms with Gasteiger partial charge in [-0.05, 0) is 29.3 Å². The SMILES string of the molecule is C[C@@H](CC(=O)c1ccc(/C=C/[C@@H](c2cc(Cl)c(Cl)c(Cl)c2)C(F)(F)F)cc1C(F)(F)F)C(=O)NCC(F)(F)F. The maximum Gasteiger partial charge on any atom is 0.417 e. The second kappa shape index (κ2) is 12.4. The van der Waals surface area contributed by atoms with Gasteiger partial charge in [-0.2, -0.15) is 39.5 Å². The number of alkyl halides is 9. The lowest BCUT2D eigenvalue weighted by Crippen LogP contribution is -2.37. The zero-order valence-electron chi connectivity index (χ0n) is 19.5. The van der Waals surface area contributed by atoms with Crippen LogP contribution in [-0.4, -0.2) is 30.6 Å². The minimum absolute atomic E-state index is 0.186. The van der Waals surface area contributed by atoms with E-state index in [0.717, 1.165) is 31.2 Å². The molecule has 214 valence electrons. The number of carbonyl (C=O) groups excluding carboxylic acids is 2. The monoisotopic (exact) mass is 627 g/mol. The summed E-state index contributed by atoms with van der Waals surface area (Å²) in [4.78, 5) is 24.3. The summed E-state index contributed by atoms with van der Waals surface area (Å²) in [6.45, 7) is -0.632. The third kappa shape index (κ3) is 9.32. The average Bonchev–Trinajstić information content (AvgIpc) is 2.78. The Kier molecular flexibility index (Phi) is 10.4. The summed E-state index contributed by atoms with van der Waals surface area (Å²) < 4.78 is 119. The summed E-state index contributed by atoms with van der Waals surface area (Å²) in [6, 6.07) is 3.92. The molecule has 39 heavy (non-hydrogen) atoms. The van der Waals surface area contributed by atoms with Crippen molar-refractivity contribution in [3.63, 3.8) is 0 Å². The summed E-state index contributed by atoms with van der Waals surface area (Å²) in [5.41, 5.74) is -3.19. The molecule has 0 aromatic heterocycles. The molecule has 0 heterocycles. The van der Waals surface area contributed by atoms with Crippen molar-refractivity contribution < 1.29 is 49.1 Å². The van der Waals surface area contributed by atoms with E-state index in [0.29, 0.717) is 18.2 Å². The molecule has 0 saturated carbocycles. The topological polar surface area (TPSA) is 46.2 Å². The standard InChI is InChI=1S/C24H17Cl3F9NO2/c1-11(21(39)37-10-22(28,29)30)6-19(38)14-4-2-12(7-16(14)24(34,35)36)3-5-15(23(31,32)33)13-8-17(25)20(27)18(26)9-13/h2-5,7-9,11,15H,6,10H2,1H3,(H,37,39)/b5-3+/t11-,15-/m0/s1. The molecule has 2 atom stereocenters. The predicted octanol–water partition coefficient (Wildman–Crippen LogP) is 8.91. The highest BCUT2D eigenvalue weighted by Crippen LogP contribution is 2.41. The second-order valence-corrected chi connectivity index (χ2v) is 9.53. The smallest absolute Gasteiger partial charge is 0.347 e. The van der Waals surface area contributed by atoms with Crippen LogP contribution in [0.3, 0.4) is 0 Å². The van der Waals surface area contributed by atoms with Crippen LogP contribution < -0.4 is 5.32 Å². The fourth-order valence-electron chi connectivity index (χ4n) is 3.36. The van der Waals surface area contributed by atoms with Crippen LogP contribution in [0.25, 0.3) is 6.08 Å². The van der Waals surface area contributed by atoms with Gasteiger partial charge in [0.25, 0.3) is 0 Å². The number of hydrogen-bond donors (Lipinski definition) is 1. The Morgan fingerprint density at radius 3 is 1.97 bits per heavy atom. The number of amides is 1. The van der Waals surface area contributed by atoms with Crippen LogP contribution in [-0.2, 0) is 11.0 Å². The Morgan fingerprint density at radius 1 is 0.923 bits per heavy atom. The number of nitrogens with one attached hydrogen (secondary N) is 1. The van der Waals surface area contributed by atoms with Crippen LogP contribution in [0.1, 0.15) is 46.3 Å². The van der Waals surface area contributed by atoms with Crippen molar-refractivity contribution >= 4 is 52.6 Å². The number of allylic oxidation sites excluding steroid dienone is 1. The number of carbonyl (C=O) groups is 2. The predicted molar refractivity (Wildman–Crippen MR) is 128 cm³/mol. The molecule has 1 N–H and O–H groups in total. The summed E-state index contributed by atoms with van der Waals surface area (Å²) >= 11 is 17.4. The third-order valence-electron chi connectivity index (χ3n) is 5.25. The minimum Gasteiger partial charge on any atom is -0.347 e. The van der Waals surface area contributed by atoms with Crippen molar-refractivity contribution in [3.05, 3.63) is 73.7 Å². The first-order valence-electron chi connectivity index (χ1n) is 10.7. The number of benzene rings is 2. The number of rotatable bonds is 8. The fourth-order valence-corrected chi connectivity index (χ4v) is 3.97. The van der Waals surface area contributed by atoms with E-state index in [1.807, 2.05) is 0 Å². The van der Waals surface area contributed by atoms with Gasteiger partial charge < -0.3 is 5.32 Å². The zero-order chi connectivity index (χ0) is 29.9. The Hall–Kier alpha value is -2.44. The summed E-state index contributed by atoms with van der Waals surface area (Å²) in [6.07, 6.45) is -14.3. The quantitative estimate of drug-likeness (QED) is 0.180. The molecule has 15 heteroatoms. The summed E-state index contributed by atoms with van der Waals surface area (Å²) in [5, 5.41) is 0.801. The van der Waals surface area contributed by atoms with E-state index in [2.05, 4.69) is 0 Å².